The number of hydrogen-bond acceptors (Lipinski definition) is 3. The Morgan fingerprint density at radius 1 is 1.08 bits per heavy atom. The van der Waals surface area contributed by atoms with Crippen LogP contribution in [0.25, 0.3) is 0 Å². The van der Waals surface area contributed by atoms with Crippen LogP contribution in [0.5, 0.6) is 0 Å². The van der Waals surface area contributed by atoms with Crippen LogP contribution in [0.2, 0.25) is 0 Å². The van der Waals surface area contributed by atoms with Gasteiger partial charge in [0, 0.05) is 6.42 Å². The summed E-state index contributed by atoms with van der Waals surface area (Å²) >= 11 is 0. The summed E-state index contributed by atoms with van der Waals surface area (Å²) in [7, 11) is 0. The fourth-order valence-corrected chi connectivity index (χ4v) is 0.427. The van der Waals surface area contributed by atoms with Gasteiger partial charge in [-0.3, -0.25) is 14.4 Å². The molecule has 0 fully saturated rings. The molecule has 2 N–H and O–H groups in total. The minimum atomic E-state index is -1.06. The molecule has 76 valence electrons. The van der Waals surface area contributed by atoms with E-state index in [-0.39, 0.29) is 12.2 Å². The average Bonchev–Trinajstić information content (AvgIpc) is 1.83. The predicted octanol–water partition coefficient (Wildman–Crippen LogP) is 0.921. The zero-order valence-electron chi connectivity index (χ0n) is 7.74. The number of ketones is 1. The molecule has 0 aromatic heterocycles. The third-order valence-corrected chi connectivity index (χ3v) is 0.864. The van der Waals surface area contributed by atoms with E-state index in [4.69, 9.17) is 10.2 Å². The van der Waals surface area contributed by atoms with Gasteiger partial charge in [-0.1, -0.05) is 6.92 Å². The second-order valence-corrected chi connectivity index (χ2v) is 2.42. The molecule has 0 saturated heterocycles. The standard InChI is InChI=1S/C4H6O3.C4H8O2/c1-3(5)2-4(6)7;1-2-3-4(5)6/h2H2,1H3,(H,6,7);2-3H2,1H3,(H,5,6). The summed E-state index contributed by atoms with van der Waals surface area (Å²) in [5.74, 6) is -2.09. The highest BCUT2D eigenvalue weighted by atomic mass is 16.4. The van der Waals surface area contributed by atoms with Crippen molar-refractivity contribution in [1.29, 1.82) is 0 Å². The van der Waals surface area contributed by atoms with E-state index in [1.165, 1.54) is 6.92 Å². The van der Waals surface area contributed by atoms with E-state index in [2.05, 4.69) is 0 Å². The van der Waals surface area contributed by atoms with Crippen molar-refractivity contribution >= 4 is 17.7 Å². The Morgan fingerprint density at radius 2 is 1.54 bits per heavy atom. The van der Waals surface area contributed by atoms with Gasteiger partial charge >= 0.3 is 11.9 Å². The number of aliphatic carboxylic acids is 2. The highest BCUT2D eigenvalue weighted by Gasteiger charge is 1.98. The van der Waals surface area contributed by atoms with Crippen molar-refractivity contribution in [3.05, 3.63) is 0 Å². The molecule has 0 aliphatic rings. The molecule has 5 heteroatoms. The van der Waals surface area contributed by atoms with Gasteiger partial charge in [-0.15, -0.1) is 0 Å². The van der Waals surface area contributed by atoms with Crippen LogP contribution in [-0.2, 0) is 14.4 Å². The maximum atomic E-state index is 9.87. The van der Waals surface area contributed by atoms with Gasteiger partial charge in [0.1, 0.15) is 12.2 Å². The Labute approximate surface area is 76.4 Å². The van der Waals surface area contributed by atoms with Gasteiger partial charge in [0.05, 0.1) is 0 Å². The van der Waals surface area contributed by atoms with Gasteiger partial charge in [-0.2, -0.15) is 0 Å². The summed E-state index contributed by atoms with van der Waals surface area (Å²) in [4.78, 5) is 29.1. The van der Waals surface area contributed by atoms with Gasteiger partial charge < -0.3 is 10.2 Å². The van der Waals surface area contributed by atoms with E-state index in [1.54, 1.807) is 0 Å². The van der Waals surface area contributed by atoms with Gasteiger partial charge in [-0.05, 0) is 13.3 Å². The smallest absolute Gasteiger partial charge is 0.310 e. The first-order valence-electron chi connectivity index (χ1n) is 3.83. The molecule has 0 saturated carbocycles. The molecule has 0 spiro atoms. The largest absolute Gasteiger partial charge is 0.481 e. The number of Topliss-reactive ketones (excluding diaryl/α,β-unsaturated/α-hetero) is 1. The first kappa shape index (κ1) is 14.2. The van der Waals surface area contributed by atoms with E-state index in [1.807, 2.05) is 6.92 Å². The van der Waals surface area contributed by atoms with Crippen molar-refractivity contribution in [1.82, 2.24) is 0 Å². The molecule has 0 aliphatic heterocycles. The Hall–Kier alpha value is -1.39. The topological polar surface area (TPSA) is 91.7 Å². The molecule has 13 heavy (non-hydrogen) atoms. The fourth-order valence-electron chi connectivity index (χ4n) is 0.427. The van der Waals surface area contributed by atoms with Crippen LogP contribution in [0, 0.1) is 0 Å². The summed E-state index contributed by atoms with van der Waals surface area (Å²) < 4.78 is 0. The number of carbonyl (C=O) groups excluding carboxylic acids is 1. The third-order valence-electron chi connectivity index (χ3n) is 0.864. The zero-order valence-corrected chi connectivity index (χ0v) is 7.74. The summed E-state index contributed by atoms with van der Waals surface area (Å²) in [6, 6.07) is 0. The van der Waals surface area contributed by atoms with E-state index >= 15 is 0 Å². The van der Waals surface area contributed by atoms with Crippen LogP contribution < -0.4 is 0 Å². The second-order valence-electron chi connectivity index (χ2n) is 2.42. The van der Waals surface area contributed by atoms with E-state index in [0.717, 1.165) is 6.42 Å². The van der Waals surface area contributed by atoms with Crippen LogP contribution in [-0.4, -0.2) is 27.9 Å². The van der Waals surface area contributed by atoms with Crippen LogP contribution >= 0.6 is 0 Å². The van der Waals surface area contributed by atoms with Crippen LogP contribution in [0.3, 0.4) is 0 Å². The lowest BCUT2D eigenvalue weighted by Gasteiger charge is -1.80. The molecule has 5 nitrogen and oxygen atoms in total. The molecule has 0 unspecified atom stereocenters. The number of carboxylic acid groups (broad SMARTS) is 2. The number of rotatable bonds is 4. The highest BCUT2D eigenvalue weighted by Crippen LogP contribution is 1.82. The van der Waals surface area contributed by atoms with E-state index < -0.39 is 11.9 Å². The maximum Gasteiger partial charge on any atom is 0.310 e. The van der Waals surface area contributed by atoms with Crippen molar-refractivity contribution in [2.24, 2.45) is 0 Å². The molecule has 0 atom stereocenters. The minimum absolute atomic E-state index is 0.292. The molecule has 0 aromatic carbocycles. The highest BCUT2D eigenvalue weighted by molar-refractivity contribution is 5.93. The lowest BCUT2D eigenvalue weighted by Crippen LogP contribution is -2.00. The molecular weight excluding hydrogens is 176 g/mol. The minimum Gasteiger partial charge on any atom is -0.481 e. The van der Waals surface area contributed by atoms with Crippen LogP contribution in [0.1, 0.15) is 33.1 Å². The third kappa shape index (κ3) is 25.0. The summed E-state index contributed by atoms with van der Waals surface area (Å²) in [5.41, 5.74) is 0. The second kappa shape index (κ2) is 8.70. The van der Waals surface area contributed by atoms with Crippen LogP contribution in [0.4, 0.5) is 0 Å². The normalized spacial score (nSPS) is 8.15. The average molecular weight is 190 g/mol. The quantitative estimate of drug-likeness (QED) is 0.643. The van der Waals surface area contributed by atoms with Crippen molar-refractivity contribution in [2.45, 2.75) is 33.1 Å². The predicted molar refractivity (Wildman–Crippen MR) is 45.5 cm³/mol. The molecule has 0 radical (unpaired) electrons. The molecule has 0 aromatic rings. The van der Waals surface area contributed by atoms with Crippen molar-refractivity contribution in [3.63, 3.8) is 0 Å². The Balaban J connectivity index is 0. The molecule has 0 amide bonds. The lowest BCUT2D eigenvalue weighted by molar-refractivity contribution is -0.140. The Kier molecular flexibility index (Phi) is 9.48. The first-order chi connectivity index (χ1) is 5.90. The Morgan fingerprint density at radius 3 is 1.54 bits per heavy atom. The van der Waals surface area contributed by atoms with Gasteiger partial charge in [0.15, 0.2) is 0 Å². The van der Waals surface area contributed by atoms with Crippen LogP contribution in [0.15, 0.2) is 0 Å². The lowest BCUT2D eigenvalue weighted by atomic mass is 10.3. The zero-order chi connectivity index (χ0) is 10.9. The summed E-state index contributed by atoms with van der Waals surface area (Å²) in [5, 5.41) is 15.8. The number of hydrogen-bond donors (Lipinski definition) is 2. The monoisotopic (exact) mass is 190 g/mol. The van der Waals surface area contributed by atoms with Gasteiger partial charge in [-0.25, -0.2) is 0 Å². The molecule has 0 heterocycles. The molecule has 0 aliphatic carbocycles. The van der Waals surface area contributed by atoms with Crippen molar-refractivity contribution < 1.29 is 24.6 Å². The Bertz CT molecular complexity index is 173. The summed E-state index contributed by atoms with van der Waals surface area (Å²) in [6.45, 7) is 3.09. The summed E-state index contributed by atoms with van der Waals surface area (Å²) in [6.07, 6.45) is 0.662. The maximum absolute atomic E-state index is 9.87. The van der Waals surface area contributed by atoms with E-state index in [0.29, 0.717) is 6.42 Å². The van der Waals surface area contributed by atoms with Crippen molar-refractivity contribution in [3.8, 4) is 0 Å². The number of carboxylic acids is 2. The number of carbonyl (C=O) groups is 3. The van der Waals surface area contributed by atoms with Gasteiger partial charge in [0.25, 0.3) is 0 Å². The molecule has 0 bridgehead atoms. The fraction of sp³-hybridized carbons (Fsp3) is 0.625. The van der Waals surface area contributed by atoms with Crippen molar-refractivity contribution in [2.75, 3.05) is 0 Å². The SMILES string of the molecule is CC(=O)CC(=O)O.CCCC(=O)O. The molecule has 0 rings (SSSR count). The molecular formula is C8H14O5. The van der Waals surface area contributed by atoms with Gasteiger partial charge in [0.2, 0.25) is 0 Å². The first-order valence-corrected chi connectivity index (χ1v) is 3.83. The van der Waals surface area contributed by atoms with E-state index in [9.17, 15) is 14.4 Å².